The van der Waals surface area contributed by atoms with Gasteiger partial charge in [-0.25, -0.2) is 8.42 Å². The van der Waals surface area contributed by atoms with Crippen LogP contribution >= 0.6 is 11.6 Å². The van der Waals surface area contributed by atoms with Gasteiger partial charge in [0, 0.05) is 12.7 Å². The summed E-state index contributed by atoms with van der Waals surface area (Å²) in [5.41, 5.74) is 0.257. The summed E-state index contributed by atoms with van der Waals surface area (Å²) in [5, 5.41) is 9.34. The molecule has 18 heavy (non-hydrogen) atoms. The van der Waals surface area contributed by atoms with E-state index in [1.807, 2.05) is 0 Å². The smallest absolute Gasteiger partial charge is 0.235 e. The van der Waals surface area contributed by atoms with Gasteiger partial charge in [0.15, 0.2) is 0 Å². The lowest BCUT2D eigenvalue weighted by molar-refractivity contribution is 0.127. The Morgan fingerprint density at radius 1 is 1.50 bits per heavy atom. The van der Waals surface area contributed by atoms with Crippen LogP contribution in [0.15, 0.2) is 18.2 Å². The molecular weight excluding hydrogens is 278 g/mol. The molecule has 1 heterocycles. The van der Waals surface area contributed by atoms with E-state index >= 15 is 0 Å². The van der Waals surface area contributed by atoms with Gasteiger partial charge in [-0.05, 0) is 25.0 Å². The van der Waals surface area contributed by atoms with Crippen LogP contribution in [0, 0.1) is 0 Å². The van der Waals surface area contributed by atoms with Gasteiger partial charge in [-0.15, -0.1) is 0 Å². The molecule has 0 saturated carbocycles. The fourth-order valence-electron chi connectivity index (χ4n) is 1.82. The molecule has 0 amide bonds. The Balaban J connectivity index is 2.07. The number of benzene rings is 1. The first kappa shape index (κ1) is 13.5. The molecule has 1 atom stereocenters. The van der Waals surface area contributed by atoms with Gasteiger partial charge >= 0.3 is 0 Å². The molecule has 1 fully saturated rings. The number of hydrogen-bond acceptors (Lipinski definition) is 4. The molecule has 1 aliphatic heterocycles. The average molecular weight is 292 g/mol. The minimum absolute atomic E-state index is 0.0120. The molecule has 2 rings (SSSR count). The molecule has 1 unspecified atom stereocenters. The maximum Gasteiger partial charge on any atom is 0.235 e. The number of phenols is 1. The molecule has 2 N–H and O–H groups in total. The highest BCUT2D eigenvalue weighted by Gasteiger charge is 2.23. The molecule has 0 aliphatic carbocycles. The van der Waals surface area contributed by atoms with Crippen molar-refractivity contribution in [3.05, 3.63) is 23.2 Å². The summed E-state index contributed by atoms with van der Waals surface area (Å²) in [7, 11) is -3.49. The number of nitrogens with one attached hydrogen (secondary N) is 1. The molecule has 7 heteroatoms. The van der Waals surface area contributed by atoms with Gasteiger partial charge in [-0.1, -0.05) is 11.6 Å². The van der Waals surface area contributed by atoms with Crippen LogP contribution in [-0.2, 0) is 14.8 Å². The van der Waals surface area contributed by atoms with Crippen LogP contribution in [0.5, 0.6) is 5.75 Å². The Kier molecular flexibility index (Phi) is 3.99. The van der Waals surface area contributed by atoms with E-state index in [1.165, 1.54) is 18.2 Å². The fraction of sp³-hybridized carbons (Fsp3) is 0.455. The normalized spacial score (nSPS) is 19.9. The van der Waals surface area contributed by atoms with Gasteiger partial charge in [0.25, 0.3) is 0 Å². The highest BCUT2D eigenvalue weighted by atomic mass is 35.5. The summed E-state index contributed by atoms with van der Waals surface area (Å²) in [5.74, 6) is -0.0911. The summed E-state index contributed by atoms with van der Waals surface area (Å²) in [6, 6.07) is 4.08. The Morgan fingerprint density at radius 2 is 2.28 bits per heavy atom. The minimum atomic E-state index is -3.49. The van der Waals surface area contributed by atoms with Crippen LogP contribution in [-0.4, -0.2) is 32.0 Å². The molecular formula is C11H14ClNO4S. The van der Waals surface area contributed by atoms with Crippen molar-refractivity contribution in [3.8, 4) is 5.75 Å². The standard InChI is InChI=1S/C11H14ClNO4S/c12-10-6-8(14)3-4-11(10)13-18(15,16)7-9-2-1-5-17-9/h3-4,6,9,13-14H,1-2,5,7H2. The van der Waals surface area contributed by atoms with Crippen LogP contribution in [0.3, 0.4) is 0 Å². The van der Waals surface area contributed by atoms with Gasteiger partial charge in [-0.3, -0.25) is 4.72 Å². The number of aromatic hydroxyl groups is 1. The number of hydrogen-bond donors (Lipinski definition) is 2. The van der Waals surface area contributed by atoms with E-state index < -0.39 is 10.0 Å². The molecule has 0 bridgehead atoms. The zero-order chi connectivity index (χ0) is 13.2. The Labute approximate surface area is 111 Å². The average Bonchev–Trinajstić information content (AvgIpc) is 2.74. The Morgan fingerprint density at radius 3 is 2.89 bits per heavy atom. The Bertz CT molecular complexity index is 526. The summed E-state index contributed by atoms with van der Waals surface area (Å²) in [6.45, 7) is 0.611. The molecule has 1 aromatic rings. The van der Waals surface area contributed by atoms with Crippen molar-refractivity contribution in [2.45, 2.75) is 18.9 Å². The maximum absolute atomic E-state index is 11.9. The number of sulfonamides is 1. The van der Waals surface area contributed by atoms with Crippen LogP contribution < -0.4 is 4.72 Å². The maximum atomic E-state index is 11.9. The lowest BCUT2D eigenvalue weighted by Gasteiger charge is -2.13. The number of halogens is 1. The largest absolute Gasteiger partial charge is 0.508 e. The molecule has 0 spiro atoms. The molecule has 1 aromatic carbocycles. The molecule has 5 nitrogen and oxygen atoms in total. The van der Waals surface area contributed by atoms with Gasteiger partial charge in [-0.2, -0.15) is 0 Å². The van der Waals surface area contributed by atoms with Crippen LogP contribution in [0.4, 0.5) is 5.69 Å². The van der Waals surface area contributed by atoms with E-state index in [1.54, 1.807) is 0 Å². The van der Waals surface area contributed by atoms with Gasteiger partial charge < -0.3 is 9.84 Å². The first-order valence-corrected chi connectivity index (χ1v) is 7.60. The molecule has 0 aromatic heterocycles. The monoisotopic (exact) mass is 291 g/mol. The third kappa shape index (κ3) is 3.51. The van der Waals surface area contributed by atoms with E-state index in [4.69, 9.17) is 16.3 Å². The Hall–Kier alpha value is -0.980. The summed E-state index contributed by atoms with van der Waals surface area (Å²) < 4.78 is 31.4. The SMILES string of the molecule is O=S(=O)(CC1CCCO1)Nc1ccc(O)cc1Cl. The first-order valence-electron chi connectivity index (χ1n) is 5.57. The predicted molar refractivity (Wildman–Crippen MR) is 69.5 cm³/mol. The van der Waals surface area contributed by atoms with Crippen LogP contribution in [0.2, 0.25) is 5.02 Å². The zero-order valence-corrected chi connectivity index (χ0v) is 11.2. The molecule has 100 valence electrons. The van der Waals surface area contributed by atoms with Crippen LogP contribution in [0.25, 0.3) is 0 Å². The van der Waals surface area contributed by atoms with Crippen molar-refractivity contribution in [2.24, 2.45) is 0 Å². The summed E-state index contributed by atoms with van der Waals surface area (Å²) in [6.07, 6.45) is 1.39. The highest BCUT2D eigenvalue weighted by Crippen LogP contribution is 2.27. The first-order chi connectivity index (χ1) is 8.46. The number of anilines is 1. The third-order valence-corrected chi connectivity index (χ3v) is 4.30. The van der Waals surface area contributed by atoms with Crippen molar-refractivity contribution in [3.63, 3.8) is 0 Å². The fourth-order valence-corrected chi connectivity index (χ4v) is 3.44. The van der Waals surface area contributed by atoms with E-state index in [-0.39, 0.29) is 28.3 Å². The topological polar surface area (TPSA) is 75.6 Å². The minimum Gasteiger partial charge on any atom is -0.508 e. The van der Waals surface area contributed by atoms with Crippen molar-refractivity contribution in [2.75, 3.05) is 17.1 Å². The summed E-state index contributed by atoms with van der Waals surface area (Å²) >= 11 is 5.83. The zero-order valence-electron chi connectivity index (χ0n) is 9.60. The second-order valence-electron chi connectivity index (χ2n) is 4.18. The van der Waals surface area contributed by atoms with E-state index in [2.05, 4.69) is 4.72 Å². The van der Waals surface area contributed by atoms with E-state index in [0.29, 0.717) is 6.61 Å². The van der Waals surface area contributed by atoms with Gasteiger partial charge in [0.05, 0.1) is 22.6 Å². The molecule has 1 saturated heterocycles. The van der Waals surface area contributed by atoms with E-state index in [9.17, 15) is 13.5 Å². The number of rotatable bonds is 4. The number of phenolic OH excluding ortho intramolecular Hbond substituents is 1. The number of ether oxygens (including phenoxy) is 1. The second kappa shape index (κ2) is 5.34. The molecule has 0 radical (unpaired) electrons. The van der Waals surface area contributed by atoms with Gasteiger partial charge in [0.2, 0.25) is 10.0 Å². The third-order valence-electron chi connectivity index (χ3n) is 2.65. The van der Waals surface area contributed by atoms with Crippen molar-refractivity contribution in [1.82, 2.24) is 0 Å². The quantitative estimate of drug-likeness (QED) is 0.832. The summed E-state index contributed by atoms with van der Waals surface area (Å²) in [4.78, 5) is 0. The van der Waals surface area contributed by atoms with Crippen molar-refractivity contribution < 1.29 is 18.3 Å². The van der Waals surface area contributed by atoms with Crippen molar-refractivity contribution >= 4 is 27.3 Å². The lowest BCUT2D eigenvalue weighted by Crippen LogP contribution is -2.25. The van der Waals surface area contributed by atoms with Gasteiger partial charge in [0.1, 0.15) is 5.75 Å². The second-order valence-corrected chi connectivity index (χ2v) is 6.36. The van der Waals surface area contributed by atoms with Crippen molar-refractivity contribution in [1.29, 1.82) is 0 Å². The van der Waals surface area contributed by atoms with Crippen LogP contribution in [0.1, 0.15) is 12.8 Å². The van der Waals surface area contributed by atoms with E-state index in [0.717, 1.165) is 12.8 Å². The lowest BCUT2D eigenvalue weighted by atomic mass is 10.3. The predicted octanol–water partition coefficient (Wildman–Crippen LogP) is 1.97. The molecule has 1 aliphatic rings. The highest BCUT2D eigenvalue weighted by molar-refractivity contribution is 7.92.